The number of carbonyl (C=O) groups is 5. The first-order valence-electron chi connectivity index (χ1n) is 19.2. The van der Waals surface area contributed by atoms with E-state index in [0.717, 1.165) is 25.7 Å². The second-order valence-corrected chi connectivity index (χ2v) is 18.2. The highest BCUT2D eigenvalue weighted by atomic mass is 79.9. The molecule has 0 spiro atoms. The summed E-state index contributed by atoms with van der Waals surface area (Å²) >= 11 is 5.02. The molecule has 2 aromatic rings. The Morgan fingerprint density at radius 1 is 1.14 bits per heavy atom. The molecule has 2 aliphatic heterocycles. The molecule has 2 aliphatic carbocycles. The number of ether oxygens (including phenoxy) is 3. The second-order valence-electron chi connectivity index (χ2n) is 16.4. The Hall–Kier alpha value is -4.51. The number of pyridine rings is 1. The van der Waals surface area contributed by atoms with Crippen LogP contribution in [0.5, 0.6) is 11.5 Å². The van der Waals surface area contributed by atoms with Crippen LogP contribution in [-0.2, 0) is 23.9 Å². The maximum atomic E-state index is 14.6. The lowest BCUT2D eigenvalue weighted by Crippen LogP contribution is -2.59. The topological polar surface area (TPSA) is 198 Å². The lowest BCUT2D eigenvalue weighted by atomic mass is 9.85. The summed E-state index contributed by atoms with van der Waals surface area (Å²) in [7, 11) is 1.55. The molecule has 6 unspecified atom stereocenters. The third-order valence-corrected chi connectivity index (χ3v) is 12.5. The SMILES string of the molecule is C=CC1CC1(NC(=O)C1CC(Oc2cc(C3=CSC(NC(=O)C(C)C)N3)nc3c(Br)c(OC)ccc23)CN1C(=O)C(NC(=O)OC1CCCC1)C(C)(C)C)C(=O)O. The number of nitrogens with one attached hydrogen (secondary N) is 4. The van der Waals surface area contributed by atoms with Crippen molar-refractivity contribution in [2.45, 2.75) is 108 Å². The van der Waals surface area contributed by atoms with Gasteiger partial charge in [-0.15, -0.1) is 6.58 Å². The minimum absolute atomic E-state index is 0.0198. The van der Waals surface area contributed by atoms with Crippen LogP contribution in [0.1, 0.15) is 78.8 Å². The fraction of sp³-hybridized carbons (Fsp3) is 0.550. The first kappa shape index (κ1) is 42.1. The predicted molar refractivity (Wildman–Crippen MR) is 218 cm³/mol. The molecule has 4 aliphatic rings. The minimum atomic E-state index is -1.53. The number of aromatic nitrogens is 1. The summed E-state index contributed by atoms with van der Waals surface area (Å²) < 4.78 is 18.5. The van der Waals surface area contributed by atoms with E-state index < -0.39 is 64.4 Å². The van der Waals surface area contributed by atoms with Crippen LogP contribution in [0.3, 0.4) is 0 Å². The number of halogens is 1. The molecular formula is C40H51BrN6O9S. The summed E-state index contributed by atoms with van der Waals surface area (Å²) in [5.74, 6) is -2.22. The maximum Gasteiger partial charge on any atom is 0.408 e. The van der Waals surface area contributed by atoms with Crippen molar-refractivity contribution in [3.05, 3.63) is 46.4 Å². The van der Waals surface area contributed by atoms with Gasteiger partial charge < -0.3 is 45.5 Å². The van der Waals surface area contributed by atoms with Crippen molar-refractivity contribution in [2.75, 3.05) is 13.7 Å². The Kier molecular flexibility index (Phi) is 12.4. The highest BCUT2D eigenvalue weighted by molar-refractivity contribution is 9.10. The molecule has 4 amide bonds. The lowest BCUT2D eigenvalue weighted by molar-refractivity contribution is -0.146. The van der Waals surface area contributed by atoms with Gasteiger partial charge in [-0.2, -0.15) is 0 Å². The van der Waals surface area contributed by atoms with Crippen molar-refractivity contribution in [3.8, 4) is 11.5 Å². The molecule has 0 radical (unpaired) electrons. The van der Waals surface area contributed by atoms with Gasteiger partial charge in [0, 0.05) is 35.1 Å². The molecule has 17 heteroatoms. The van der Waals surface area contributed by atoms with Crippen LogP contribution >= 0.6 is 27.7 Å². The molecule has 57 heavy (non-hydrogen) atoms. The monoisotopic (exact) mass is 870 g/mol. The summed E-state index contributed by atoms with van der Waals surface area (Å²) in [4.78, 5) is 73.0. The van der Waals surface area contributed by atoms with E-state index in [0.29, 0.717) is 38.3 Å². The van der Waals surface area contributed by atoms with Gasteiger partial charge in [0.25, 0.3) is 0 Å². The molecule has 308 valence electrons. The molecule has 1 saturated heterocycles. The summed E-state index contributed by atoms with van der Waals surface area (Å²) in [6.45, 7) is 12.7. The van der Waals surface area contributed by atoms with E-state index in [2.05, 4.69) is 43.8 Å². The summed E-state index contributed by atoms with van der Waals surface area (Å²) in [5.41, 5.74) is -1.08. The standard InChI is InChI=1S/C40H51BrN6O9S/c1-8-21-17-40(21,36(51)52)46-34(49)27-15-23(18-47(27)35(50)32(39(4,5)6)44-38(53)56-22-11-9-10-12-22)55-29-16-25(26-19-57-37(43-26)45-33(48)20(2)3)42-31-24(29)13-14-28(54-7)30(31)41/h8,13-14,16,19-23,27,32,37,43H,1,9-12,15,17-18H2,2-7H3,(H,44,53)(H,45,48)(H,46,49)(H,51,52). The average molecular weight is 872 g/mol. The number of rotatable bonds is 13. The number of likely N-dealkylation sites (tertiary alicyclic amines) is 1. The summed E-state index contributed by atoms with van der Waals surface area (Å²) in [6, 6.07) is 3.10. The van der Waals surface area contributed by atoms with E-state index in [9.17, 15) is 29.1 Å². The molecule has 6 atom stereocenters. The van der Waals surface area contributed by atoms with E-state index in [4.69, 9.17) is 19.2 Å². The zero-order chi connectivity index (χ0) is 41.4. The predicted octanol–water partition coefficient (Wildman–Crippen LogP) is 5.27. The number of fused-ring (bicyclic) bond motifs is 1. The van der Waals surface area contributed by atoms with Gasteiger partial charge >= 0.3 is 12.1 Å². The molecule has 3 fully saturated rings. The number of hydrogen-bond acceptors (Lipinski definition) is 11. The number of thioether (sulfide) groups is 1. The van der Waals surface area contributed by atoms with Crippen molar-refractivity contribution in [2.24, 2.45) is 17.3 Å². The van der Waals surface area contributed by atoms with Gasteiger partial charge in [-0.25, -0.2) is 14.6 Å². The van der Waals surface area contributed by atoms with Gasteiger partial charge in [0.15, 0.2) is 5.50 Å². The van der Waals surface area contributed by atoms with Gasteiger partial charge in [-0.05, 0) is 65.6 Å². The number of methoxy groups -OCH3 is 1. The molecule has 1 aromatic heterocycles. The van der Waals surface area contributed by atoms with Gasteiger partial charge in [0.1, 0.15) is 41.3 Å². The molecule has 1 aromatic carbocycles. The molecule has 6 rings (SSSR count). The fourth-order valence-corrected chi connectivity index (χ4v) is 8.88. The number of carbonyl (C=O) groups excluding carboxylic acids is 4. The smallest absolute Gasteiger partial charge is 0.408 e. The molecule has 5 N–H and O–H groups in total. The van der Waals surface area contributed by atoms with Crippen molar-refractivity contribution in [3.63, 3.8) is 0 Å². The Bertz CT molecular complexity index is 1980. The largest absolute Gasteiger partial charge is 0.495 e. The second kappa shape index (κ2) is 16.8. The highest BCUT2D eigenvalue weighted by Crippen LogP contribution is 2.45. The van der Waals surface area contributed by atoms with E-state index in [1.165, 1.54) is 22.7 Å². The van der Waals surface area contributed by atoms with Gasteiger partial charge in [0.2, 0.25) is 17.7 Å². The molecule has 3 heterocycles. The van der Waals surface area contributed by atoms with E-state index in [-0.39, 0.29) is 37.3 Å². The number of hydrogen-bond donors (Lipinski definition) is 5. The molecular weight excluding hydrogens is 820 g/mol. The van der Waals surface area contributed by atoms with Gasteiger partial charge in [-0.3, -0.25) is 14.4 Å². The Balaban J connectivity index is 1.32. The Morgan fingerprint density at radius 2 is 1.86 bits per heavy atom. The number of amides is 4. The van der Waals surface area contributed by atoms with Crippen LogP contribution < -0.4 is 30.7 Å². The van der Waals surface area contributed by atoms with Crippen LogP contribution in [0.15, 0.2) is 40.7 Å². The van der Waals surface area contributed by atoms with Crippen molar-refractivity contribution in [1.82, 2.24) is 31.2 Å². The number of carboxylic acid groups (broad SMARTS) is 1. The van der Waals surface area contributed by atoms with Gasteiger partial charge in [-0.1, -0.05) is 52.5 Å². The normalized spacial score (nSPS) is 25.0. The van der Waals surface area contributed by atoms with E-state index in [1.807, 2.05) is 40.0 Å². The molecule has 2 saturated carbocycles. The van der Waals surface area contributed by atoms with Gasteiger partial charge in [0.05, 0.1) is 35.0 Å². The number of nitrogens with zero attached hydrogens (tertiary/aromatic N) is 2. The fourth-order valence-electron chi connectivity index (χ4n) is 7.44. The van der Waals surface area contributed by atoms with E-state index >= 15 is 0 Å². The highest BCUT2D eigenvalue weighted by Gasteiger charge is 2.61. The van der Waals surface area contributed by atoms with Crippen LogP contribution in [0.25, 0.3) is 16.6 Å². The molecule has 15 nitrogen and oxygen atoms in total. The third-order valence-electron chi connectivity index (χ3n) is 10.9. The van der Waals surface area contributed by atoms with Crippen molar-refractivity contribution >= 4 is 74.1 Å². The number of benzene rings is 1. The van der Waals surface area contributed by atoms with Crippen LogP contribution in [0, 0.1) is 17.3 Å². The van der Waals surface area contributed by atoms with Crippen molar-refractivity contribution < 1.29 is 43.3 Å². The molecule has 0 bridgehead atoms. The Morgan fingerprint density at radius 3 is 2.47 bits per heavy atom. The third kappa shape index (κ3) is 8.98. The minimum Gasteiger partial charge on any atom is -0.495 e. The zero-order valence-electron chi connectivity index (χ0n) is 33.0. The lowest BCUT2D eigenvalue weighted by Gasteiger charge is -2.35. The van der Waals surface area contributed by atoms with Crippen LogP contribution in [0.4, 0.5) is 4.79 Å². The number of alkyl carbamates (subject to hydrolysis) is 1. The maximum absolute atomic E-state index is 14.6. The average Bonchev–Trinajstić information content (AvgIpc) is 3.57. The quantitative estimate of drug-likeness (QED) is 0.164. The van der Waals surface area contributed by atoms with Crippen molar-refractivity contribution in [1.29, 1.82) is 0 Å². The summed E-state index contributed by atoms with van der Waals surface area (Å²) in [5, 5.41) is 24.3. The number of aliphatic carboxylic acids is 1. The van der Waals surface area contributed by atoms with Crippen LogP contribution in [0.2, 0.25) is 0 Å². The summed E-state index contributed by atoms with van der Waals surface area (Å²) in [6.07, 6.45) is 3.42. The number of carboxylic acids is 1. The first-order valence-corrected chi connectivity index (χ1v) is 20.9. The van der Waals surface area contributed by atoms with Crippen LogP contribution in [-0.4, -0.2) is 93.8 Å². The first-order chi connectivity index (χ1) is 26.9. The zero-order valence-corrected chi connectivity index (χ0v) is 35.4. The van der Waals surface area contributed by atoms with E-state index in [1.54, 1.807) is 25.3 Å². The Labute approximate surface area is 344 Å².